The molecule has 1 saturated heterocycles. The van der Waals surface area contributed by atoms with E-state index in [0.717, 1.165) is 25.2 Å². The molecule has 0 spiro atoms. The smallest absolute Gasteiger partial charge is 0.223 e. The first-order valence-corrected chi connectivity index (χ1v) is 11.0. The average Bonchev–Trinajstić information content (AvgIpc) is 3.16. The molecule has 0 aromatic heterocycles. The summed E-state index contributed by atoms with van der Waals surface area (Å²) in [7, 11) is -1.08. The number of hydrogen-bond donors (Lipinski definition) is 0. The molecule has 2 fully saturated rings. The standard InChI is InChI=1S/C19H28N2O3S/c1-20(12-15-7-9-18(10-8-15)25(2,23)24)13-16-11-19(22)21(14-16)17-5-3-4-6-17/h7-10,16-17H,3-6,11-14H2,1-2H3/t16-/m0/s1. The van der Waals surface area contributed by atoms with E-state index in [1.807, 2.05) is 12.1 Å². The molecule has 5 nitrogen and oxygen atoms in total. The van der Waals surface area contributed by atoms with Crippen molar-refractivity contribution < 1.29 is 13.2 Å². The van der Waals surface area contributed by atoms with Crippen molar-refractivity contribution in [2.45, 2.75) is 49.6 Å². The van der Waals surface area contributed by atoms with E-state index in [9.17, 15) is 13.2 Å². The minimum absolute atomic E-state index is 0.322. The van der Waals surface area contributed by atoms with Gasteiger partial charge in [0.25, 0.3) is 0 Å². The van der Waals surface area contributed by atoms with Gasteiger partial charge < -0.3 is 9.80 Å². The van der Waals surface area contributed by atoms with Crippen molar-refractivity contribution in [1.29, 1.82) is 0 Å². The molecule has 0 radical (unpaired) electrons. The molecule has 1 heterocycles. The van der Waals surface area contributed by atoms with E-state index in [4.69, 9.17) is 0 Å². The zero-order valence-corrected chi connectivity index (χ0v) is 16.0. The molecule has 1 aromatic rings. The Bertz CT molecular complexity index is 709. The molecule has 138 valence electrons. The highest BCUT2D eigenvalue weighted by Crippen LogP contribution is 2.29. The molecule has 0 bridgehead atoms. The van der Waals surface area contributed by atoms with Crippen molar-refractivity contribution in [3.05, 3.63) is 29.8 Å². The lowest BCUT2D eigenvalue weighted by molar-refractivity contribution is -0.129. The number of benzene rings is 1. The second kappa shape index (κ2) is 7.46. The molecule has 1 amide bonds. The van der Waals surface area contributed by atoms with E-state index in [1.165, 1.54) is 31.9 Å². The van der Waals surface area contributed by atoms with Crippen LogP contribution in [0.5, 0.6) is 0 Å². The summed E-state index contributed by atoms with van der Waals surface area (Å²) in [6.45, 7) is 2.54. The van der Waals surface area contributed by atoms with Gasteiger partial charge in [-0.05, 0) is 43.5 Å². The number of rotatable bonds is 6. The van der Waals surface area contributed by atoms with Gasteiger partial charge in [0.05, 0.1) is 4.90 Å². The molecular formula is C19H28N2O3S. The zero-order valence-electron chi connectivity index (χ0n) is 15.1. The van der Waals surface area contributed by atoms with E-state index in [1.54, 1.807) is 12.1 Å². The summed E-state index contributed by atoms with van der Waals surface area (Å²) < 4.78 is 23.0. The fourth-order valence-electron chi connectivity index (χ4n) is 4.16. The molecule has 1 aromatic carbocycles. The van der Waals surface area contributed by atoms with Crippen LogP contribution < -0.4 is 0 Å². The summed E-state index contributed by atoms with van der Waals surface area (Å²) in [6, 6.07) is 7.56. The third kappa shape index (κ3) is 4.61. The maximum Gasteiger partial charge on any atom is 0.223 e. The van der Waals surface area contributed by atoms with Crippen molar-refractivity contribution in [2.75, 3.05) is 26.4 Å². The van der Waals surface area contributed by atoms with Crippen LogP contribution in [0.15, 0.2) is 29.2 Å². The summed E-state index contributed by atoms with van der Waals surface area (Å²) in [5, 5.41) is 0. The van der Waals surface area contributed by atoms with Crippen LogP contribution in [0.4, 0.5) is 0 Å². The van der Waals surface area contributed by atoms with Gasteiger partial charge in [0.2, 0.25) is 5.91 Å². The van der Waals surface area contributed by atoms with Crippen LogP contribution in [0.25, 0.3) is 0 Å². The van der Waals surface area contributed by atoms with Gasteiger partial charge in [-0.2, -0.15) is 0 Å². The molecule has 1 atom stereocenters. The molecule has 1 aliphatic carbocycles. The third-order valence-electron chi connectivity index (χ3n) is 5.38. The Morgan fingerprint density at radius 3 is 2.40 bits per heavy atom. The van der Waals surface area contributed by atoms with Crippen LogP contribution in [-0.4, -0.2) is 56.6 Å². The highest BCUT2D eigenvalue weighted by atomic mass is 32.2. The van der Waals surface area contributed by atoms with Gasteiger partial charge in [0, 0.05) is 38.4 Å². The van der Waals surface area contributed by atoms with E-state index in [-0.39, 0.29) is 0 Å². The first kappa shape index (κ1) is 18.4. The van der Waals surface area contributed by atoms with Crippen LogP contribution in [0.3, 0.4) is 0 Å². The molecule has 2 aliphatic rings. The molecule has 0 N–H and O–H groups in total. The molecular weight excluding hydrogens is 336 g/mol. The number of carbonyl (C=O) groups excluding carboxylic acids is 1. The first-order valence-electron chi connectivity index (χ1n) is 9.10. The lowest BCUT2D eigenvalue weighted by Crippen LogP contribution is -2.35. The van der Waals surface area contributed by atoms with Gasteiger partial charge in [-0.1, -0.05) is 25.0 Å². The minimum atomic E-state index is -3.14. The van der Waals surface area contributed by atoms with Gasteiger partial charge in [-0.15, -0.1) is 0 Å². The number of carbonyl (C=O) groups is 1. The molecule has 1 saturated carbocycles. The summed E-state index contributed by atoms with van der Waals surface area (Å²) in [5.74, 6) is 0.719. The van der Waals surface area contributed by atoms with Crippen LogP contribution in [0.2, 0.25) is 0 Å². The number of likely N-dealkylation sites (tertiary alicyclic amines) is 1. The predicted molar refractivity (Wildman–Crippen MR) is 98.0 cm³/mol. The highest BCUT2D eigenvalue weighted by molar-refractivity contribution is 7.90. The summed E-state index contributed by atoms with van der Waals surface area (Å²) in [4.78, 5) is 17.0. The Labute approximate surface area is 150 Å². The number of amides is 1. The second-order valence-corrected chi connectivity index (χ2v) is 9.68. The minimum Gasteiger partial charge on any atom is -0.339 e. The monoisotopic (exact) mass is 364 g/mol. The average molecular weight is 365 g/mol. The van der Waals surface area contributed by atoms with Crippen molar-refractivity contribution in [2.24, 2.45) is 5.92 Å². The maximum absolute atomic E-state index is 12.3. The van der Waals surface area contributed by atoms with Crippen LogP contribution in [-0.2, 0) is 21.2 Å². The van der Waals surface area contributed by atoms with Crippen LogP contribution >= 0.6 is 0 Å². The Balaban J connectivity index is 1.52. The maximum atomic E-state index is 12.3. The predicted octanol–water partition coefficient (Wildman–Crippen LogP) is 2.31. The second-order valence-electron chi connectivity index (χ2n) is 7.67. The largest absolute Gasteiger partial charge is 0.339 e. The quantitative estimate of drug-likeness (QED) is 0.777. The van der Waals surface area contributed by atoms with E-state index < -0.39 is 9.84 Å². The van der Waals surface area contributed by atoms with Gasteiger partial charge >= 0.3 is 0 Å². The summed E-state index contributed by atoms with van der Waals surface area (Å²) in [5.41, 5.74) is 1.09. The fraction of sp³-hybridized carbons (Fsp3) is 0.632. The zero-order chi connectivity index (χ0) is 18.0. The summed E-state index contributed by atoms with van der Waals surface area (Å²) >= 11 is 0. The lowest BCUT2D eigenvalue weighted by atomic mass is 10.1. The SMILES string of the molecule is CN(Cc1ccc(S(C)(=O)=O)cc1)C[C@@H]1CC(=O)N(C2CCCC2)C1. The van der Waals surface area contributed by atoms with E-state index in [2.05, 4.69) is 16.8 Å². The number of hydrogen-bond acceptors (Lipinski definition) is 4. The van der Waals surface area contributed by atoms with E-state index in [0.29, 0.717) is 29.2 Å². The first-order chi connectivity index (χ1) is 11.8. The van der Waals surface area contributed by atoms with Crippen LogP contribution in [0, 0.1) is 5.92 Å². The summed E-state index contributed by atoms with van der Waals surface area (Å²) in [6.07, 6.45) is 6.72. The molecule has 0 unspecified atom stereocenters. The Morgan fingerprint density at radius 2 is 1.80 bits per heavy atom. The number of nitrogens with zero attached hydrogens (tertiary/aromatic N) is 2. The fourth-order valence-corrected chi connectivity index (χ4v) is 4.79. The number of sulfone groups is 1. The van der Waals surface area contributed by atoms with Crippen LogP contribution in [0.1, 0.15) is 37.7 Å². The Morgan fingerprint density at radius 1 is 1.16 bits per heavy atom. The lowest BCUT2D eigenvalue weighted by Gasteiger charge is -2.25. The third-order valence-corrected chi connectivity index (χ3v) is 6.51. The van der Waals surface area contributed by atoms with Crippen molar-refractivity contribution in [3.63, 3.8) is 0 Å². The van der Waals surface area contributed by atoms with Crippen molar-refractivity contribution in [1.82, 2.24) is 9.80 Å². The van der Waals surface area contributed by atoms with E-state index >= 15 is 0 Å². The molecule has 1 aliphatic heterocycles. The van der Waals surface area contributed by atoms with Gasteiger partial charge in [-0.3, -0.25) is 4.79 Å². The van der Waals surface area contributed by atoms with Gasteiger partial charge in [0.1, 0.15) is 0 Å². The van der Waals surface area contributed by atoms with Crippen molar-refractivity contribution >= 4 is 15.7 Å². The molecule has 25 heavy (non-hydrogen) atoms. The molecule has 3 rings (SSSR count). The Kier molecular flexibility index (Phi) is 5.49. The highest BCUT2D eigenvalue weighted by Gasteiger charge is 2.35. The van der Waals surface area contributed by atoms with Gasteiger partial charge in [-0.25, -0.2) is 8.42 Å². The Hall–Kier alpha value is -1.40. The van der Waals surface area contributed by atoms with Crippen molar-refractivity contribution in [3.8, 4) is 0 Å². The van der Waals surface area contributed by atoms with Gasteiger partial charge in [0.15, 0.2) is 9.84 Å². The molecule has 6 heteroatoms. The normalized spacial score (nSPS) is 22.3. The topological polar surface area (TPSA) is 57.7 Å².